The highest BCUT2D eigenvalue weighted by atomic mass is 32.2. The van der Waals surface area contributed by atoms with Gasteiger partial charge in [0.2, 0.25) is 20.0 Å². The summed E-state index contributed by atoms with van der Waals surface area (Å²) in [5.41, 5.74) is 0. The first-order chi connectivity index (χ1) is 10.6. The van der Waals surface area contributed by atoms with Crippen molar-refractivity contribution in [1.29, 1.82) is 0 Å². The molecule has 7 nitrogen and oxygen atoms in total. The van der Waals surface area contributed by atoms with E-state index in [4.69, 9.17) is 5.11 Å². The number of sulfonamides is 2. The summed E-state index contributed by atoms with van der Waals surface area (Å²) in [6, 6.07) is 0.197. The first-order valence-electron chi connectivity index (χ1n) is 8.18. The summed E-state index contributed by atoms with van der Waals surface area (Å²) >= 11 is 0. The number of aliphatic hydroxyl groups excluding tert-OH is 1. The van der Waals surface area contributed by atoms with E-state index in [1.54, 1.807) is 0 Å². The second-order valence-electron chi connectivity index (χ2n) is 6.47. The van der Waals surface area contributed by atoms with Crippen LogP contribution in [0.1, 0.15) is 51.4 Å². The van der Waals surface area contributed by atoms with E-state index in [0.29, 0.717) is 25.9 Å². The molecule has 0 bridgehead atoms. The van der Waals surface area contributed by atoms with Crippen molar-refractivity contribution < 1.29 is 21.9 Å². The van der Waals surface area contributed by atoms with Crippen molar-refractivity contribution >= 4 is 20.0 Å². The third-order valence-electron chi connectivity index (χ3n) is 4.13. The van der Waals surface area contributed by atoms with Gasteiger partial charge in [0.25, 0.3) is 0 Å². The van der Waals surface area contributed by atoms with Crippen molar-refractivity contribution in [2.24, 2.45) is 0 Å². The van der Waals surface area contributed by atoms with Crippen LogP contribution in [0, 0.1) is 0 Å². The topological polar surface area (TPSA) is 104 Å². The molecule has 23 heavy (non-hydrogen) atoms. The van der Waals surface area contributed by atoms with Gasteiger partial charge in [-0.1, -0.05) is 25.7 Å². The highest BCUT2D eigenvalue weighted by Crippen LogP contribution is 2.17. The zero-order valence-corrected chi connectivity index (χ0v) is 15.7. The summed E-state index contributed by atoms with van der Waals surface area (Å²) in [6.07, 6.45) is 10.1. The molecule has 2 rings (SSSR count). The third kappa shape index (κ3) is 9.61. The molecule has 1 aliphatic carbocycles. The summed E-state index contributed by atoms with van der Waals surface area (Å²) in [5.74, 6) is 0. The number of aliphatic hydroxyl groups is 1. The molecule has 2 N–H and O–H groups in total. The van der Waals surface area contributed by atoms with E-state index in [1.807, 2.05) is 0 Å². The normalized spacial score (nSPS) is 22.9. The Balaban J connectivity index is 0.000000231. The first-order valence-corrected chi connectivity index (χ1v) is 11.9. The van der Waals surface area contributed by atoms with Gasteiger partial charge in [-0.25, -0.2) is 25.9 Å². The van der Waals surface area contributed by atoms with Crippen molar-refractivity contribution in [1.82, 2.24) is 9.03 Å². The maximum absolute atomic E-state index is 10.9. The van der Waals surface area contributed by atoms with Crippen molar-refractivity contribution in [3.63, 3.8) is 0 Å². The molecule has 0 spiro atoms. The Bertz CT molecular complexity index is 532. The van der Waals surface area contributed by atoms with Crippen molar-refractivity contribution in [3.05, 3.63) is 0 Å². The minimum atomic E-state index is -3.03. The highest BCUT2D eigenvalue weighted by molar-refractivity contribution is 7.88. The smallest absolute Gasteiger partial charge is 0.211 e. The van der Waals surface area contributed by atoms with Gasteiger partial charge < -0.3 is 5.11 Å². The lowest BCUT2D eigenvalue weighted by Gasteiger charge is -2.27. The van der Waals surface area contributed by atoms with Crippen LogP contribution in [0.2, 0.25) is 0 Å². The van der Waals surface area contributed by atoms with E-state index in [1.165, 1.54) is 29.7 Å². The molecule has 0 aromatic carbocycles. The summed E-state index contributed by atoms with van der Waals surface area (Å²) < 4.78 is 47.7. The molecule has 0 radical (unpaired) electrons. The predicted octanol–water partition coefficient (Wildman–Crippen LogP) is 0.661. The first kappa shape index (κ1) is 20.8. The van der Waals surface area contributed by atoms with Crippen LogP contribution in [0.15, 0.2) is 0 Å². The van der Waals surface area contributed by atoms with Crippen LogP contribution in [0.5, 0.6) is 0 Å². The summed E-state index contributed by atoms with van der Waals surface area (Å²) in [6.45, 7) is 0.917. The maximum Gasteiger partial charge on any atom is 0.211 e. The molecule has 2 fully saturated rings. The van der Waals surface area contributed by atoms with Crippen LogP contribution in [0.25, 0.3) is 0 Å². The Labute approximate surface area is 140 Å². The van der Waals surface area contributed by atoms with Gasteiger partial charge >= 0.3 is 0 Å². The molecule has 0 atom stereocenters. The van der Waals surface area contributed by atoms with Gasteiger partial charge in [-0.15, -0.1) is 0 Å². The highest BCUT2D eigenvalue weighted by Gasteiger charge is 2.23. The van der Waals surface area contributed by atoms with E-state index >= 15 is 0 Å². The summed E-state index contributed by atoms with van der Waals surface area (Å²) in [5, 5.41) is 9.07. The van der Waals surface area contributed by atoms with Crippen LogP contribution < -0.4 is 4.72 Å². The fourth-order valence-electron chi connectivity index (χ4n) is 2.87. The second kappa shape index (κ2) is 9.31. The predicted molar refractivity (Wildman–Crippen MR) is 91.1 cm³/mol. The standard InChI is InChI=1S/C8H17NO2S.C6H13NO3S/c1-12(10,11)9-8-6-4-2-3-5-7-8;1-11(9,10)7-4-2-6(8)3-5-7/h8-9H,2-7H2,1H3;6,8H,2-5H2,1H3. The third-order valence-corrected chi connectivity index (χ3v) is 6.19. The SMILES string of the molecule is CS(=O)(=O)N1CCC(O)CC1.CS(=O)(=O)NC1CCCCCC1. The summed E-state index contributed by atoms with van der Waals surface area (Å²) in [4.78, 5) is 0. The van der Waals surface area contributed by atoms with Gasteiger partial charge in [-0.3, -0.25) is 0 Å². The zero-order valence-electron chi connectivity index (χ0n) is 14.1. The van der Waals surface area contributed by atoms with Crippen LogP contribution in [-0.2, 0) is 20.0 Å². The number of rotatable bonds is 3. The van der Waals surface area contributed by atoms with Gasteiger partial charge in [0.1, 0.15) is 0 Å². The number of nitrogens with one attached hydrogen (secondary N) is 1. The summed E-state index contributed by atoms with van der Waals surface area (Å²) in [7, 11) is -6.02. The Hall–Kier alpha value is -0.220. The lowest BCUT2D eigenvalue weighted by molar-refractivity contribution is 0.113. The number of hydrogen-bond acceptors (Lipinski definition) is 5. The number of nitrogens with zero attached hydrogens (tertiary/aromatic N) is 1. The molecule has 0 aromatic rings. The molecule has 0 aromatic heterocycles. The minimum Gasteiger partial charge on any atom is -0.393 e. The molecule has 1 aliphatic heterocycles. The van der Waals surface area contributed by atoms with Crippen LogP contribution in [0.4, 0.5) is 0 Å². The quantitative estimate of drug-likeness (QED) is 0.710. The van der Waals surface area contributed by atoms with Crippen molar-refractivity contribution in [3.8, 4) is 0 Å². The molecular formula is C14H30N2O5S2. The van der Waals surface area contributed by atoms with Crippen LogP contribution in [-0.4, -0.2) is 64.0 Å². The lowest BCUT2D eigenvalue weighted by Crippen LogP contribution is -2.39. The van der Waals surface area contributed by atoms with Crippen molar-refractivity contribution in [2.75, 3.05) is 25.6 Å². The van der Waals surface area contributed by atoms with E-state index in [2.05, 4.69) is 4.72 Å². The van der Waals surface area contributed by atoms with E-state index in [0.717, 1.165) is 25.7 Å². The van der Waals surface area contributed by atoms with Crippen LogP contribution >= 0.6 is 0 Å². The maximum atomic E-state index is 10.9. The molecule has 2 aliphatic rings. The monoisotopic (exact) mass is 370 g/mol. The molecule has 1 saturated heterocycles. The molecular weight excluding hydrogens is 340 g/mol. The minimum absolute atomic E-state index is 0.197. The van der Waals surface area contributed by atoms with Crippen molar-refractivity contribution in [2.45, 2.75) is 63.5 Å². The van der Waals surface area contributed by atoms with Gasteiger partial charge in [-0.05, 0) is 25.7 Å². The largest absolute Gasteiger partial charge is 0.393 e. The van der Waals surface area contributed by atoms with Gasteiger partial charge in [0, 0.05) is 19.1 Å². The Morgan fingerprint density at radius 1 is 0.870 bits per heavy atom. The van der Waals surface area contributed by atoms with Gasteiger partial charge in [0.15, 0.2) is 0 Å². The lowest BCUT2D eigenvalue weighted by atomic mass is 10.1. The molecule has 0 amide bonds. The van der Waals surface area contributed by atoms with E-state index < -0.39 is 20.0 Å². The van der Waals surface area contributed by atoms with E-state index in [9.17, 15) is 16.8 Å². The second-order valence-corrected chi connectivity index (χ2v) is 10.2. The molecule has 1 heterocycles. The molecule has 1 saturated carbocycles. The molecule has 138 valence electrons. The molecule has 9 heteroatoms. The number of hydrogen-bond donors (Lipinski definition) is 2. The Morgan fingerprint density at radius 2 is 1.35 bits per heavy atom. The van der Waals surface area contributed by atoms with Gasteiger partial charge in [0.05, 0.1) is 18.6 Å². The Kier molecular flexibility index (Phi) is 8.43. The van der Waals surface area contributed by atoms with Gasteiger partial charge in [-0.2, -0.15) is 0 Å². The Morgan fingerprint density at radius 3 is 1.74 bits per heavy atom. The van der Waals surface area contributed by atoms with E-state index in [-0.39, 0.29) is 12.1 Å². The average Bonchev–Trinajstić information content (AvgIpc) is 2.65. The molecule has 0 unspecified atom stereocenters. The fourth-order valence-corrected chi connectivity index (χ4v) is 4.59. The number of piperidine rings is 1. The fraction of sp³-hybridized carbons (Fsp3) is 1.00. The zero-order chi connectivity index (χ0) is 17.5. The average molecular weight is 371 g/mol. The van der Waals surface area contributed by atoms with Crippen LogP contribution in [0.3, 0.4) is 0 Å².